The van der Waals surface area contributed by atoms with Crippen molar-refractivity contribution < 1.29 is 9.53 Å². The molecular weight excluding hydrogens is 328 g/mol. The number of benzene rings is 1. The van der Waals surface area contributed by atoms with Crippen molar-refractivity contribution in [3.05, 3.63) is 72.6 Å². The zero-order chi connectivity index (χ0) is 18.6. The van der Waals surface area contributed by atoms with E-state index < -0.39 is 0 Å². The van der Waals surface area contributed by atoms with E-state index in [1.807, 2.05) is 26.8 Å². The maximum atomic E-state index is 12.3. The second kappa shape index (κ2) is 7.31. The fourth-order valence-electron chi connectivity index (χ4n) is 2.19. The molecule has 6 nitrogen and oxygen atoms in total. The normalized spacial score (nSPS) is 11.0. The van der Waals surface area contributed by atoms with Crippen LogP contribution in [0.2, 0.25) is 0 Å². The Morgan fingerprint density at radius 3 is 2.23 bits per heavy atom. The summed E-state index contributed by atoms with van der Waals surface area (Å²) in [6, 6.07) is 10.7. The van der Waals surface area contributed by atoms with E-state index in [-0.39, 0.29) is 11.3 Å². The van der Waals surface area contributed by atoms with Gasteiger partial charge in [-0.05, 0) is 36.4 Å². The second-order valence-electron chi connectivity index (χ2n) is 6.81. The quantitative estimate of drug-likeness (QED) is 0.764. The summed E-state index contributed by atoms with van der Waals surface area (Å²) in [5.74, 6) is 1.76. The number of hydrogen-bond donors (Lipinski definition) is 1. The predicted octanol–water partition coefficient (Wildman–Crippen LogP) is 4.21. The lowest BCUT2D eigenvalue weighted by Crippen LogP contribution is -2.18. The van der Waals surface area contributed by atoms with Crippen LogP contribution in [0.15, 0.2) is 61.2 Å². The highest BCUT2D eigenvalue weighted by atomic mass is 16.5. The Kier molecular flexibility index (Phi) is 4.93. The number of hydrogen-bond acceptors (Lipinski definition) is 5. The molecule has 0 unspecified atom stereocenters. The van der Waals surface area contributed by atoms with Gasteiger partial charge in [0.15, 0.2) is 0 Å². The number of nitrogens with one attached hydrogen (secondary N) is 1. The minimum absolute atomic E-state index is 0.154. The number of carbonyl (C=O) groups is 1. The molecular formula is C20H20N4O2. The number of carbonyl (C=O) groups excluding carboxylic acids is 1. The molecule has 0 radical (unpaired) electrons. The standard InChI is InChI=1S/C20H20N4O2/c1-20(2,3)19-22-11-14(12-23-19)18(25)24-15-6-8-16(9-7-15)26-17-5-4-10-21-13-17/h4-13H,1-3H3,(H,24,25). The Bertz CT molecular complexity index is 870. The van der Waals surface area contributed by atoms with E-state index in [9.17, 15) is 4.79 Å². The van der Waals surface area contributed by atoms with Gasteiger partial charge >= 0.3 is 0 Å². The van der Waals surface area contributed by atoms with Gasteiger partial charge in [0.2, 0.25) is 0 Å². The Hall–Kier alpha value is -3.28. The molecule has 132 valence electrons. The topological polar surface area (TPSA) is 77.0 Å². The summed E-state index contributed by atoms with van der Waals surface area (Å²) in [4.78, 5) is 24.9. The number of nitrogens with zero attached hydrogens (tertiary/aromatic N) is 3. The molecule has 0 bridgehead atoms. The van der Waals surface area contributed by atoms with Crippen LogP contribution in [0.1, 0.15) is 37.0 Å². The van der Waals surface area contributed by atoms with Crippen LogP contribution in [0.5, 0.6) is 11.5 Å². The minimum Gasteiger partial charge on any atom is -0.456 e. The first kappa shape index (κ1) is 17.5. The lowest BCUT2D eigenvalue weighted by atomic mass is 9.96. The van der Waals surface area contributed by atoms with Crippen LogP contribution >= 0.6 is 0 Å². The van der Waals surface area contributed by atoms with E-state index in [4.69, 9.17) is 4.74 Å². The monoisotopic (exact) mass is 348 g/mol. The molecule has 1 aromatic carbocycles. The summed E-state index contributed by atoms with van der Waals surface area (Å²) in [6.45, 7) is 6.08. The second-order valence-corrected chi connectivity index (χ2v) is 6.81. The van der Waals surface area contributed by atoms with Crippen molar-refractivity contribution in [2.24, 2.45) is 0 Å². The summed E-state index contributed by atoms with van der Waals surface area (Å²) < 4.78 is 5.67. The molecule has 0 aliphatic heterocycles. The highest BCUT2D eigenvalue weighted by Crippen LogP contribution is 2.22. The van der Waals surface area contributed by atoms with Crippen LogP contribution in [0.25, 0.3) is 0 Å². The van der Waals surface area contributed by atoms with E-state index in [1.54, 1.807) is 55.1 Å². The first-order valence-corrected chi connectivity index (χ1v) is 8.24. The highest BCUT2D eigenvalue weighted by molar-refractivity contribution is 6.03. The minimum atomic E-state index is -0.258. The van der Waals surface area contributed by atoms with Gasteiger partial charge in [0.05, 0.1) is 11.8 Å². The molecule has 0 saturated carbocycles. The van der Waals surface area contributed by atoms with Crippen molar-refractivity contribution >= 4 is 11.6 Å². The van der Waals surface area contributed by atoms with Crippen LogP contribution in [0.4, 0.5) is 5.69 Å². The maximum Gasteiger partial charge on any atom is 0.258 e. The van der Waals surface area contributed by atoms with Gasteiger partial charge in [0, 0.05) is 29.7 Å². The number of anilines is 1. The van der Waals surface area contributed by atoms with Gasteiger partial charge in [0.25, 0.3) is 5.91 Å². The lowest BCUT2D eigenvalue weighted by molar-refractivity contribution is 0.102. The molecule has 3 aromatic rings. The molecule has 1 N–H and O–H groups in total. The number of amides is 1. The van der Waals surface area contributed by atoms with E-state index in [0.29, 0.717) is 28.6 Å². The molecule has 6 heteroatoms. The fraction of sp³-hybridized carbons (Fsp3) is 0.200. The van der Waals surface area contributed by atoms with Crippen LogP contribution in [0.3, 0.4) is 0 Å². The molecule has 2 aromatic heterocycles. The van der Waals surface area contributed by atoms with Crippen LogP contribution in [-0.4, -0.2) is 20.9 Å². The average Bonchev–Trinajstić information content (AvgIpc) is 2.63. The van der Waals surface area contributed by atoms with Crippen LogP contribution < -0.4 is 10.1 Å². The number of aromatic nitrogens is 3. The van der Waals surface area contributed by atoms with E-state index in [1.165, 1.54) is 0 Å². The molecule has 0 spiro atoms. The van der Waals surface area contributed by atoms with Crippen molar-refractivity contribution in [1.29, 1.82) is 0 Å². The van der Waals surface area contributed by atoms with Crippen molar-refractivity contribution in [2.45, 2.75) is 26.2 Å². The molecule has 2 heterocycles. The largest absolute Gasteiger partial charge is 0.456 e. The zero-order valence-electron chi connectivity index (χ0n) is 14.9. The number of ether oxygens (including phenoxy) is 1. The smallest absolute Gasteiger partial charge is 0.258 e. The van der Waals surface area contributed by atoms with Crippen LogP contribution in [-0.2, 0) is 5.41 Å². The average molecular weight is 348 g/mol. The van der Waals surface area contributed by atoms with E-state index in [0.717, 1.165) is 0 Å². The fourth-order valence-corrected chi connectivity index (χ4v) is 2.19. The van der Waals surface area contributed by atoms with Gasteiger partial charge in [-0.2, -0.15) is 0 Å². The SMILES string of the molecule is CC(C)(C)c1ncc(C(=O)Nc2ccc(Oc3cccnc3)cc2)cn1. The first-order valence-electron chi connectivity index (χ1n) is 8.24. The summed E-state index contributed by atoms with van der Waals surface area (Å²) in [6.07, 6.45) is 6.41. The van der Waals surface area contributed by atoms with Crippen molar-refractivity contribution in [2.75, 3.05) is 5.32 Å². The molecule has 1 amide bonds. The highest BCUT2D eigenvalue weighted by Gasteiger charge is 2.17. The molecule has 0 atom stereocenters. The van der Waals surface area contributed by atoms with Gasteiger partial charge in [-0.1, -0.05) is 20.8 Å². The molecule has 0 aliphatic carbocycles. The molecule has 0 aliphatic rings. The summed E-state index contributed by atoms with van der Waals surface area (Å²) >= 11 is 0. The molecule has 3 rings (SSSR count). The van der Waals surface area contributed by atoms with Gasteiger partial charge in [-0.25, -0.2) is 9.97 Å². The maximum absolute atomic E-state index is 12.3. The summed E-state index contributed by atoms with van der Waals surface area (Å²) in [5.41, 5.74) is 0.918. The summed E-state index contributed by atoms with van der Waals surface area (Å²) in [7, 11) is 0. The molecule has 0 fully saturated rings. The van der Waals surface area contributed by atoms with Gasteiger partial charge in [-0.15, -0.1) is 0 Å². The van der Waals surface area contributed by atoms with Crippen LogP contribution in [0, 0.1) is 0 Å². The van der Waals surface area contributed by atoms with Crippen molar-refractivity contribution in [3.63, 3.8) is 0 Å². The Morgan fingerprint density at radius 1 is 0.962 bits per heavy atom. The third-order valence-electron chi connectivity index (χ3n) is 3.57. The van der Waals surface area contributed by atoms with E-state index >= 15 is 0 Å². The first-order chi connectivity index (χ1) is 12.4. The Labute approximate surface area is 152 Å². The molecule has 0 saturated heterocycles. The summed E-state index contributed by atoms with van der Waals surface area (Å²) in [5, 5.41) is 2.82. The third kappa shape index (κ3) is 4.42. The zero-order valence-corrected chi connectivity index (χ0v) is 14.9. The van der Waals surface area contributed by atoms with Crippen molar-refractivity contribution in [3.8, 4) is 11.5 Å². The Balaban J connectivity index is 1.64. The Morgan fingerprint density at radius 2 is 1.65 bits per heavy atom. The van der Waals surface area contributed by atoms with Gasteiger partial charge in [-0.3, -0.25) is 9.78 Å². The van der Waals surface area contributed by atoms with Crippen molar-refractivity contribution in [1.82, 2.24) is 15.0 Å². The molecule has 26 heavy (non-hydrogen) atoms. The van der Waals surface area contributed by atoms with E-state index in [2.05, 4.69) is 20.3 Å². The van der Waals surface area contributed by atoms with Gasteiger partial charge < -0.3 is 10.1 Å². The number of rotatable bonds is 4. The number of pyridine rings is 1. The van der Waals surface area contributed by atoms with Gasteiger partial charge in [0.1, 0.15) is 17.3 Å². The third-order valence-corrected chi connectivity index (χ3v) is 3.57. The predicted molar refractivity (Wildman–Crippen MR) is 99.4 cm³/mol. The lowest BCUT2D eigenvalue weighted by Gasteiger charge is -2.16.